The minimum absolute atomic E-state index is 0.297. The molecule has 0 fully saturated rings. The van der Waals surface area contributed by atoms with Crippen molar-refractivity contribution in [1.82, 2.24) is 0 Å². The number of benzene rings is 3. The van der Waals surface area contributed by atoms with Crippen LogP contribution in [0.1, 0.15) is 23.6 Å². The van der Waals surface area contributed by atoms with Crippen molar-refractivity contribution in [2.75, 3.05) is 13.4 Å². The molecule has 1 unspecified atom stereocenters. The normalized spacial score (nSPS) is 18.4. The summed E-state index contributed by atoms with van der Waals surface area (Å²) in [7, 11) is 1.73. The molecule has 0 bridgehead atoms. The first-order chi connectivity index (χ1) is 12.0. The van der Waals surface area contributed by atoms with E-state index in [1.54, 1.807) is 18.9 Å². The molecule has 0 aromatic heterocycles. The third-order valence-electron chi connectivity index (χ3n) is 5.32. The predicted octanol–water partition coefficient (Wildman–Crippen LogP) is 5.59. The van der Waals surface area contributed by atoms with Gasteiger partial charge in [0.05, 0.1) is 0 Å². The summed E-state index contributed by atoms with van der Waals surface area (Å²) in [6.45, 7) is 2.07. The van der Waals surface area contributed by atoms with Gasteiger partial charge in [-0.3, -0.25) is 0 Å². The molecule has 0 heterocycles. The molecule has 4 heteroatoms. The Morgan fingerprint density at radius 3 is 2.56 bits per heavy atom. The summed E-state index contributed by atoms with van der Waals surface area (Å²) in [6.07, 6.45) is 2.05. The Morgan fingerprint density at radius 2 is 1.88 bits per heavy atom. The maximum atomic E-state index is 10.7. The standard InChI is InChI=1S/C21H20O2S2/c1-21(23-2)16-7-5-4-6-13(16)20-15-8-12(11-24)19(25-3)9-14(15)18(22)10-17(20)21/h4-10,22,24H,11H2,1-3H3. The van der Waals surface area contributed by atoms with Gasteiger partial charge in [0.15, 0.2) is 0 Å². The van der Waals surface area contributed by atoms with Crippen LogP contribution in [0.5, 0.6) is 5.75 Å². The Morgan fingerprint density at radius 1 is 1.12 bits per heavy atom. The van der Waals surface area contributed by atoms with E-state index in [0.29, 0.717) is 11.5 Å². The lowest BCUT2D eigenvalue weighted by Crippen LogP contribution is -2.22. The highest BCUT2D eigenvalue weighted by Gasteiger charge is 2.41. The molecule has 0 spiro atoms. The lowest BCUT2D eigenvalue weighted by atomic mass is 9.91. The Bertz CT molecular complexity index is 997. The third-order valence-corrected chi connectivity index (χ3v) is 6.48. The molecule has 4 rings (SSSR count). The fourth-order valence-electron chi connectivity index (χ4n) is 3.94. The number of thioether (sulfide) groups is 1. The van der Waals surface area contributed by atoms with Gasteiger partial charge in [-0.05, 0) is 59.0 Å². The highest BCUT2D eigenvalue weighted by molar-refractivity contribution is 7.98. The molecule has 0 radical (unpaired) electrons. The van der Waals surface area contributed by atoms with Crippen molar-refractivity contribution in [3.63, 3.8) is 0 Å². The third kappa shape index (κ3) is 2.24. The van der Waals surface area contributed by atoms with Gasteiger partial charge in [0.25, 0.3) is 0 Å². The lowest BCUT2D eigenvalue weighted by molar-refractivity contribution is 0.0429. The van der Waals surface area contributed by atoms with Crippen LogP contribution in [-0.2, 0) is 16.1 Å². The van der Waals surface area contributed by atoms with E-state index in [4.69, 9.17) is 4.74 Å². The second-order valence-corrected chi connectivity index (χ2v) is 7.63. The molecular formula is C21H20O2S2. The van der Waals surface area contributed by atoms with Crippen molar-refractivity contribution in [3.05, 3.63) is 59.2 Å². The van der Waals surface area contributed by atoms with Gasteiger partial charge in [-0.2, -0.15) is 12.6 Å². The van der Waals surface area contributed by atoms with E-state index >= 15 is 0 Å². The van der Waals surface area contributed by atoms with Gasteiger partial charge in [-0.1, -0.05) is 24.3 Å². The minimum Gasteiger partial charge on any atom is -0.507 e. The minimum atomic E-state index is -0.559. The molecule has 1 atom stereocenters. The summed E-state index contributed by atoms with van der Waals surface area (Å²) >= 11 is 6.18. The highest BCUT2D eigenvalue weighted by atomic mass is 32.2. The second-order valence-electron chi connectivity index (χ2n) is 6.47. The molecule has 2 nitrogen and oxygen atoms in total. The summed E-state index contributed by atoms with van der Waals surface area (Å²) < 4.78 is 5.93. The number of hydrogen-bond donors (Lipinski definition) is 2. The molecule has 3 aromatic carbocycles. The van der Waals surface area contributed by atoms with Crippen molar-refractivity contribution in [1.29, 1.82) is 0 Å². The van der Waals surface area contributed by atoms with Gasteiger partial charge in [0, 0.05) is 28.7 Å². The van der Waals surface area contributed by atoms with Crippen LogP contribution in [0.3, 0.4) is 0 Å². The van der Waals surface area contributed by atoms with Crippen LogP contribution in [0, 0.1) is 0 Å². The fourth-order valence-corrected chi connectivity index (χ4v) is 4.93. The van der Waals surface area contributed by atoms with Gasteiger partial charge < -0.3 is 9.84 Å². The molecule has 0 saturated carbocycles. The van der Waals surface area contributed by atoms with E-state index < -0.39 is 5.60 Å². The molecule has 1 aliphatic carbocycles. The first kappa shape index (κ1) is 16.8. The van der Waals surface area contributed by atoms with Crippen molar-refractivity contribution in [3.8, 4) is 16.9 Å². The molecule has 1 N–H and O–H groups in total. The summed E-state index contributed by atoms with van der Waals surface area (Å²) in [6, 6.07) is 14.4. The molecule has 128 valence electrons. The molecule has 0 aliphatic heterocycles. The Labute approximate surface area is 157 Å². The quantitative estimate of drug-likeness (QED) is 0.467. The van der Waals surface area contributed by atoms with Crippen LogP contribution in [0.4, 0.5) is 0 Å². The first-order valence-electron chi connectivity index (χ1n) is 8.18. The first-order valence-corrected chi connectivity index (χ1v) is 10.0. The van der Waals surface area contributed by atoms with E-state index in [9.17, 15) is 5.11 Å². The molecule has 3 aromatic rings. The lowest BCUT2D eigenvalue weighted by Gasteiger charge is -2.26. The topological polar surface area (TPSA) is 29.5 Å². The van der Waals surface area contributed by atoms with Crippen molar-refractivity contribution in [2.45, 2.75) is 23.2 Å². The molecule has 25 heavy (non-hydrogen) atoms. The van der Waals surface area contributed by atoms with Crippen LogP contribution >= 0.6 is 24.4 Å². The van der Waals surface area contributed by atoms with Gasteiger partial charge in [-0.25, -0.2) is 0 Å². The maximum Gasteiger partial charge on any atom is 0.123 e. The number of fused-ring (bicyclic) bond motifs is 5. The zero-order valence-corrected chi connectivity index (χ0v) is 16.2. The largest absolute Gasteiger partial charge is 0.507 e. The van der Waals surface area contributed by atoms with Crippen LogP contribution in [-0.4, -0.2) is 18.5 Å². The van der Waals surface area contributed by atoms with E-state index in [-0.39, 0.29) is 0 Å². The average molecular weight is 369 g/mol. The number of phenolic OH excluding ortho intramolecular Hbond substituents is 1. The Kier molecular flexibility index (Phi) is 4.02. The van der Waals surface area contributed by atoms with Crippen LogP contribution in [0.25, 0.3) is 21.9 Å². The maximum absolute atomic E-state index is 10.7. The smallest absolute Gasteiger partial charge is 0.123 e. The number of methoxy groups -OCH3 is 1. The Hall–Kier alpha value is -1.62. The Balaban J connectivity index is 2.18. The van der Waals surface area contributed by atoms with Crippen LogP contribution in [0.2, 0.25) is 0 Å². The molecular weight excluding hydrogens is 348 g/mol. The number of hydrogen-bond acceptors (Lipinski definition) is 4. The van der Waals surface area contributed by atoms with Gasteiger partial charge in [0.1, 0.15) is 11.4 Å². The zero-order chi connectivity index (χ0) is 17.8. The second kappa shape index (κ2) is 5.97. The monoisotopic (exact) mass is 368 g/mol. The number of thiol groups is 1. The summed E-state index contributed by atoms with van der Waals surface area (Å²) in [4.78, 5) is 1.15. The fraction of sp³-hybridized carbons (Fsp3) is 0.238. The van der Waals surface area contributed by atoms with Gasteiger partial charge in [-0.15, -0.1) is 11.8 Å². The van der Waals surface area contributed by atoms with E-state index in [0.717, 1.165) is 32.4 Å². The van der Waals surface area contributed by atoms with E-state index in [2.05, 4.69) is 56.1 Å². The number of aromatic hydroxyl groups is 1. The van der Waals surface area contributed by atoms with Crippen molar-refractivity contribution < 1.29 is 9.84 Å². The SMILES string of the molecule is COC1(C)c2ccccc2-c2c1cc(O)c1cc(SC)c(CS)cc21. The summed E-state index contributed by atoms with van der Waals surface area (Å²) in [5.74, 6) is 0.963. The van der Waals surface area contributed by atoms with E-state index in [1.807, 2.05) is 12.1 Å². The van der Waals surface area contributed by atoms with Crippen molar-refractivity contribution >= 4 is 35.2 Å². The highest BCUT2D eigenvalue weighted by Crippen LogP contribution is 2.53. The average Bonchev–Trinajstić information content (AvgIpc) is 2.90. The van der Waals surface area contributed by atoms with Crippen LogP contribution < -0.4 is 0 Å². The zero-order valence-electron chi connectivity index (χ0n) is 14.5. The van der Waals surface area contributed by atoms with Gasteiger partial charge in [0.2, 0.25) is 0 Å². The molecule has 1 aliphatic rings. The molecule has 0 saturated heterocycles. The van der Waals surface area contributed by atoms with Crippen molar-refractivity contribution in [2.24, 2.45) is 0 Å². The van der Waals surface area contributed by atoms with Crippen LogP contribution in [0.15, 0.2) is 47.4 Å². The number of ether oxygens (including phenoxy) is 1. The van der Waals surface area contributed by atoms with Gasteiger partial charge >= 0.3 is 0 Å². The predicted molar refractivity (Wildman–Crippen MR) is 109 cm³/mol. The summed E-state index contributed by atoms with van der Waals surface area (Å²) in [5, 5.41) is 12.7. The van der Waals surface area contributed by atoms with E-state index in [1.165, 1.54) is 11.1 Å². The number of phenols is 1. The number of rotatable bonds is 3. The molecule has 0 amide bonds. The summed E-state index contributed by atoms with van der Waals surface area (Å²) in [5.41, 5.74) is 5.11.